The average molecular weight is 454 g/mol. The van der Waals surface area contributed by atoms with Gasteiger partial charge in [-0.25, -0.2) is 14.8 Å². The molecule has 0 aliphatic carbocycles. The molecule has 0 saturated carbocycles. The van der Waals surface area contributed by atoms with Gasteiger partial charge < -0.3 is 14.5 Å². The molecule has 1 saturated heterocycles. The number of nitrogens with zero attached hydrogens (tertiary/aromatic N) is 5. The van der Waals surface area contributed by atoms with Crippen molar-refractivity contribution in [2.24, 2.45) is 5.92 Å². The van der Waals surface area contributed by atoms with Crippen molar-refractivity contribution >= 4 is 33.3 Å². The van der Waals surface area contributed by atoms with Gasteiger partial charge in [0, 0.05) is 38.6 Å². The first-order chi connectivity index (χ1) is 15.5. The van der Waals surface area contributed by atoms with Crippen molar-refractivity contribution in [1.82, 2.24) is 19.9 Å². The minimum Gasteiger partial charge on any atom is -0.462 e. The van der Waals surface area contributed by atoms with Crippen molar-refractivity contribution in [3.05, 3.63) is 46.4 Å². The topological polar surface area (TPSA) is 71.5 Å². The van der Waals surface area contributed by atoms with E-state index in [1.807, 2.05) is 39.2 Å². The minimum absolute atomic E-state index is 0.273. The van der Waals surface area contributed by atoms with Crippen LogP contribution in [0.1, 0.15) is 46.4 Å². The Kier molecular flexibility index (Phi) is 7.01. The van der Waals surface area contributed by atoms with Gasteiger partial charge in [0.05, 0.1) is 12.0 Å². The molecule has 0 unspecified atom stereocenters. The van der Waals surface area contributed by atoms with Crippen LogP contribution >= 0.6 is 11.3 Å². The van der Waals surface area contributed by atoms with Gasteiger partial charge in [0.25, 0.3) is 0 Å². The van der Waals surface area contributed by atoms with Crippen molar-refractivity contribution in [3.63, 3.8) is 0 Å². The van der Waals surface area contributed by atoms with Crippen LogP contribution in [0.4, 0.5) is 5.82 Å². The molecule has 0 N–H and O–H groups in total. The van der Waals surface area contributed by atoms with Gasteiger partial charge in [0.2, 0.25) is 0 Å². The van der Waals surface area contributed by atoms with E-state index in [2.05, 4.69) is 32.9 Å². The van der Waals surface area contributed by atoms with E-state index in [0.717, 1.165) is 60.0 Å². The normalized spacial score (nSPS) is 16.7. The Labute approximate surface area is 193 Å². The van der Waals surface area contributed by atoms with Crippen molar-refractivity contribution in [1.29, 1.82) is 0 Å². The Morgan fingerprint density at radius 3 is 2.94 bits per heavy atom. The molecule has 3 aromatic heterocycles. The summed E-state index contributed by atoms with van der Waals surface area (Å²) in [6, 6.07) is 4.11. The second-order valence-electron chi connectivity index (χ2n) is 8.56. The number of carbonyl (C=O) groups excluding carboxylic acids is 1. The van der Waals surface area contributed by atoms with Crippen molar-refractivity contribution < 1.29 is 9.53 Å². The first-order valence-electron chi connectivity index (χ1n) is 11.2. The molecular formula is C24H31N5O2S. The van der Waals surface area contributed by atoms with Crippen LogP contribution in [-0.2, 0) is 11.3 Å². The fourth-order valence-corrected chi connectivity index (χ4v) is 5.67. The molecule has 1 aliphatic heterocycles. The summed E-state index contributed by atoms with van der Waals surface area (Å²) in [6.07, 6.45) is 6.08. The predicted molar refractivity (Wildman–Crippen MR) is 128 cm³/mol. The lowest BCUT2D eigenvalue weighted by atomic mass is 9.97. The van der Waals surface area contributed by atoms with Gasteiger partial charge in [0.15, 0.2) is 0 Å². The molecule has 0 amide bonds. The number of fused-ring (bicyclic) bond motifs is 1. The third-order valence-electron chi connectivity index (χ3n) is 5.91. The summed E-state index contributed by atoms with van der Waals surface area (Å²) >= 11 is 1.41. The summed E-state index contributed by atoms with van der Waals surface area (Å²) < 4.78 is 5.26. The largest absolute Gasteiger partial charge is 0.462 e. The van der Waals surface area contributed by atoms with E-state index in [1.165, 1.54) is 23.3 Å². The Bertz CT molecular complexity index is 1080. The highest BCUT2D eigenvalue weighted by Crippen LogP contribution is 2.37. The van der Waals surface area contributed by atoms with Gasteiger partial charge in [-0.1, -0.05) is 6.07 Å². The first-order valence-corrected chi connectivity index (χ1v) is 12.0. The smallest absolute Gasteiger partial charge is 0.348 e. The monoisotopic (exact) mass is 453 g/mol. The maximum Gasteiger partial charge on any atom is 0.348 e. The summed E-state index contributed by atoms with van der Waals surface area (Å²) in [5.74, 6) is 1.97. The number of thiophene rings is 1. The SMILES string of the molecule is CCOC(=O)c1sc2nc(C)nc(N3CCC[C@H](CN(C)Cc4cccnc4)C3)c2c1C. The van der Waals surface area contributed by atoms with E-state index < -0.39 is 0 Å². The number of aryl methyl sites for hydroxylation is 2. The molecule has 8 heteroatoms. The number of aromatic nitrogens is 3. The molecule has 1 fully saturated rings. The molecule has 3 aromatic rings. The molecule has 0 spiro atoms. The van der Waals surface area contributed by atoms with Gasteiger partial charge >= 0.3 is 5.97 Å². The Morgan fingerprint density at radius 1 is 1.34 bits per heavy atom. The molecule has 170 valence electrons. The van der Waals surface area contributed by atoms with Crippen LogP contribution in [0.15, 0.2) is 24.5 Å². The maximum atomic E-state index is 12.4. The van der Waals surface area contributed by atoms with E-state index >= 15 is 0 Å². The van der Waals surface area contributed by atoms with E-state index in [-0.39, 0.29) is 5.97 Å². The Balaban J connectivity index is 1.55. The standard InChI is InChI=1S/C24H31N5O2S/c1-5-31-24(30)21-16(2)20-22(26-17(3)27-23(20)32-21)29-11-7-9-19(15-29)14-28(4)13-18-8-6-10-25-12-18/h6,8,10,12,19H,5,7,9,11,13-15H2,1-4H3/t19-/m1/s1. The summed E-state index contributed by atoms with van der Waals surface area (Å²) in [5.41, 5.74) is 2.16. The summed E-state index contributed by atoms with van der Waals surface area (Å²) in [7, 11) is 2.17. The maximum absolute atomic E-state index is 12.4. The summed E-state index contributed by atoms with van der Waals surface area (Å²) in [5, 5.41) is 0.994. The van der Waals surface area contributed by atoms with Crippen LogP contribution in [0.3, 0.4) is 0 Å². The third kappa shape index (κ3) is 4.91. The van der Waals surface area contributed by atoms with Crippen LogP contribution in [0.2, 0.25) is 0 Å². The fourth-order valence-electron chi connectivity index (χ4n) is 4.56. The van der Waals surface area contributed by atoms with Gasteiger partial charge in [-0.15, -0.1) is 11.3 Å². The second-order valence-corrected chi connectivity index (χ2v) is 9.56. The van der Waals surface area contributed by atoms with Crippen molar-refractivity contribution in [2.45, 2.75) is 40.2 Å². The van der Waals surface area contributed by atoms with E-state index in [4.69, 9.17) is 9.72 Å². The number of rotatable bonds is 7. The molecule has 0 aromatic carbocycles. The summed E-state index contributed by atoms with van der Waals surface area (Å²) in [4.78, 5) is 32.4. The third-order valence-corrected chi connectivity index (χ3v) is 7.07. The lowest BCUT2D eigenvalue weighted by Gasteiger charge is -2.36. The van der Waals surface area contributed by atoms with Gasteiger partial charge in [-0.3, -0.25) is 4.98 Å². The van der Waals surface area contributed by atoms with Gasteiger partial charge in [-0.2, -0.15) is 0 Å². The molecule has 4 heterocycles. The first kappa shape index (κ1) is 22.6. The number of anilines is 1. The molecule has 4 rings (SSSR count). The number of pyridine rings is 1. The number of carbonyl (C=O) groups is 1. The number of piperidine rings is 1. The second kappa shape index (κ2) is 9.92. The Morgan fingerprint density at radius 2 is 2.19 bits per heavy atom. The molecule has 1 aliphatic rings. The van der Waals surface area contributed by atoms with Crippen LogP contribution in [-0.4, -0.2) is 59.1 Å². The van der Waals surface area contributed by atoms with E-state index in [1.54, 1.807) is 0 Å². The molecule has 0 bridgehead atoms. The lowest BCUT2D eigenvalue weighted by Crippen LogP contribution is -2.40. The Hall–Kier alpha value is -2.58. The van der Waals surface area contributed by atoms with Gasteiger partial charge in [0.1, 0.15) is 21.3 Å². The van der Waals surface area contributed by atoms with Gasteiger partial charge in [-0.05, 0) is 63.8 Å². The van der Waals surface area contributed by atoms with Crippen LogP contribution in [0.25, 0.3) is 10.2 Å². The van der Waals surface area contributed by atoms with Crippen LogP contribution in [0, 0.1) is 19.8 Å². The molecule has 32 heavy (non-hydrogen) atoms. The highest BCUT2D eigenvalue weighted by molar-refractivity contribution is 7.20. The van der Waals surface area contributed by atoms with Crippen LogP contribution in [0.5, 0.6) is 0 Å². The zero-order valence-electron chi connectivity index (χ0n) is 19.3. The van der Waals surface area contributed by atoms with Crippen molar-refractivity contribution in [2.75, 3.05) is 38.2 Å². The number of esters is 1. The fraction of sp³-hybridized carbons (Fsp3) is 0.500. The molecule has 1 atom stereocenters. The average Bonchev–Trinajstić information content (AvgIpc) is 3.10. The number of ether oxygens (including phenoxy) is 1. The molecule has 0 radical (unpaired) electrons. The minimum atomic E-state index is -0.273. The van der Waals surface area contributed by atoms with Crippen molar-refractivity contribution in [3.8, 4) is 0 Å². The van der Waals surface area contributed by atoms with Crippen LogP contribution < -0.4 is 4.90 Å². The highest BCUT2D eigenvalue weighted by Gasteiger charge is 2.27. The molecule has 7 nitrogen and oxygen atoms in total. The quantitative estimate of drug-likeness (QED) is 0.496. The van der Waals surface area contributed by atoms with E-state index in [0.29, 0.717) is 17.4 Å². The predicted octanol–water partition coefficient (Wildman–Crippen LogP) is 4.23. The molecular weight excluding hydrogens is 422 g/mol. The lowest BCUT2D eigenvalue weighted by molar-refractivity contribution is 0.0531. The van der Waals surface area contributed by atoms with E-state index in [9.17, 15) is 4.79 Å². The zero-order valence-corrected chi connectivity index (χ0v) is 20.1. The summed E-state index contributed by atoms with van der Waals surface area (Å²) in [6.45, 7) is 9.94. The highest BCUT2D eigenvalue weighted by atomic mass is 32.1. The number of hydrogen-bond donors (Lipinski definition) is 0. The number of hydrogen-bond acceptors (Lipinski definition) is 8. The zero-order chi connectivity index (χ0) is 22.7.